The highest BCUT2D eigenvalue weighted by atomic mass is 16.5. The van der Waals surface area contributed by atoms with Gasteiger partial charge in [-0.2, -0.15) is 0 Å². The fourth-order valence-corrected chi connectivity index (χ4v) is 3.66. The Hall–Kier alpha value is -2.37. The molecule has 1 saturated heterocycles. The maximum Gasteiger partial charge on any atom is 0.251 e. The van der Waals surface area contributed by atoms with Crippen molar-refractivity contribution in [1.82, 2.24) is 5.32 Å². The fraction of sp³-hybridized carbons (Fsp3) is 0.435. The molecule has 5 nitrogen and oxygen atoms in total. The summed E-state index contributed by atoms with van der Waals surface area (Å²) in [6.45, 7) is 5.34. The third kappa shape index (κ3) is 4.91. The van der Waals surface area contributed by atoms with Crippen molar-refractivity contribution >= 4 is 5.91 Å². The second-order valence-electron chi connectivity index (χ2n) is 7.55. The number of amides is 1. The summed E-state index contributed by atoms with van der Waals surface area (Å²) in [6, 6.07) is 16.6. The van der Waals surface area contributed by atoms with Crippen LogP contribution < -0.4 is 10.1 Å². The first kappa shape index (κ1) is 20.4. The van der Waals surface area contributed by atoms with Crippen LogP contribution in [0.5, 0.6) is 5.75 Å². The number of carbonyl (C=O) groups is 1. The van der Waals surface area contributed by atoms with E-state index in [1.807, 2.05) is 44.2 Å². The van der Waals surface area contributed by atoms with E-state index in [9.17, 15) is 9.90 Å². The van der Waals surface area contributed by atoms with Crippen molar-refractivity contribution in [2.24, 2.45) is 5.92 Å². The lowest BCUT2D eigenvalue weighted by molar-refractivity contribution is -0.0680. The van der Waals surface area contributed by atoms with Gasteiger partial charge < -0.3 is 19.9 Å². The molecule has 1 fully saturated rings. The lowest BCUT2D eigenvalue weighted by Crippen LogP contribution is -2.47. The van der Waals surface area contributed by atoms with Crippen LogP contribution in [0.2, 0.25) is 0 Å². The van der Waals surface area contributed by atoms with Crippen molar-refractivity contribution in [1.29, 1.82) is 0 Å². The van der Waals surface area contributed by atoms with E-state index in [0.717, 1.165) is 24.2 Å². The molecule has 0 aromatic heterocycles. The van der Waals surface area contributed by atoms with E-state index >= 15 is 0 Å². The van der Waals surface area contributed by atoms with Crippen molar-refractivity contribution in [3.05, 3.63) is 65.7 Å². The Bertz CT molecular complexity index is 754. The summed E-state index contributed by atoms with van der Waals surface area (Å²) in [5.74, 6) is 0.554. The Labute approximate surface area is 166 Å². The zero-order valence-electron chi connectivity index (χ0n) is 16.6. The average molecular weight is 383 g/mol. The van der Waals surface area contributed by atoms with Gasteiger partial charge in [0.25, 0.3) is 5.91 Å². The maximum atomic E-state index is 12.7. The Kier molecular flexibility index (Phi) is 6.70. The third-order valence-electron chi connectivity index (χ3n) is 5.18. The Balaban J connectivity index is 1.71. The van der Waals surface area contributed by atoms with E-state index in [1.165, 1.54) is 0 Å². The smallest absolute Gasteiger partial charge is 0.251 e. The van der Waals surface area contributed by atoms with Gasteiger partial charge in [-0.05, 0) is 62.4 Å². The number of aliphatic hydroxyl groups is 1. The number of ether oxygens (including phenoxy) is 2. The van der Waals surface area contributed by atoms with Gasteiger partial charge in [-0.1, -0.05) is 30.3 Å². The fourth-order valence-electron chi connectivity index (χ4n) is 3.66. The molecule has 1 atom stereocenters. The molecule has 0 bridgehead atoms. The molecule has 1 heterocycles. The monoisotopic (exact) mass is 383 g/mol. The minimum absolute atomic E-state index is 0.0331. The largest absolute Gasteiger partial charge is 0.491 e. The number of carbonyl (C=O) groups excluding carboxylic acids is 1. The average Bonchev–Trinajstić information content (AvgIpc) is 2.73. The number of nitrogens with one attached hydrogen (secondary N) is 1. The number of hydrogen-bond donors (Lipinski definition) is 2. The quantitative estimate of drug-likeness (QED) is 0.768. The van der Waals surface area contributed by atoms with E-state index in [1.54, 1.807) is 24.3 Å². The van der Waals surface area contributed by atoms with Crippen molar-refractivity contribution in [3.63, 3.8) is 0 Å². The first-order valence-corrected chi connectivity index (χ1v) is 9.89. The Morgan fingerprint density at radius 3 is 2.39 bits per heavy atom. The molecule has 1 aliphatic heterocycles. The molecular formula is C23H29NO4. The van der Waals surface area contributed by atoms with Gasteiger partial charge >= 0.3 is 0 Å². The summed E-state index contributed by atoms with van der Waals surface area (Å²) in [4.78, 5) is 12.7. The van der Waals surface area contributed by atoms with E-state index < -0.39 is 5.60 Å². The molecule has 2 aromatic carbocycles. The molecule has 2 aromatic rings. The molecule has 1 aliphatic rings. The van der Waals surface area contributed by atoms with Crippen LogP contribution in [0.3, 0.4) is 0 Å². The number of rotatable bonds is 7. The third-order valence-corrected chi connectivity index (χ3v) is 5.18. The number of hydrogen-bond acceptors (Lipinski definition) is 4. The van der Waals surface area contributed by atoms with Gasteiger partial charge in [0.1, 0.15) is 11.4 Å². The highest BCUT2D eigenvalue weighted by Gasteiger charge is 2.39. The molecule has 3 rings (SSSR count). The van der Waals surface area contributed by atoms with Gasteiger partial charge in [-0.15, -0.1) is 0 Å². The molecule has 0 radical (unpaired) electrons. The van der Waals surface area contributed by atoms with Crippen molar-refractivity contribution in [2.45, 2.75) is 38.4 Å². The van der Waals surface area contributed by atoms with Crippen molar-refractivity contribution in [2.75, 3.05) is 19.8 Å². The molecule has 1 amide bonds. The molecular weight excluding hydrogens is 354 g/mol. The zero-order valence-corrected chi connectivity index (χ0v) is 16.6. The summed E-state index contributed by atoms with van der Waals surface area (Å²) in [7, 11) is 0. The second kappa shape index (κ2) is 9.22. The van der Waals surface area contributed by atoms with Crippen LogP contribution in [-0.2, 0) is 10.3 Å². The van der Waals surface area contributed by atoms with Gasteiger partial charge in [0.05, 0.1) is 12.6 Å². The lowest BCUT2D eigenvalue weighted by Gasteiger charge is -2.39. The molecule has 0 saturated carbocycles. The molecule has 150 valence electrons. The minimum atomic E-state index is -1.12. The zero-order chi connectivity index (χ0) is 20.0. The van der Waals surface area contributed by atoms with E-state index in [-0.39, 0.29) is 24.5 Å². The first-order valence-electron chi connectivity index (χ1n) is 9.89. The molecule has 0 aliphatic carbocycles. The Morgan fingerprint density at radius 1 is 1.14 bits per heavy atom. The van der Waals surface area contributed by atoms with Gasteiger partial charge in [0.15, 0.2) is 0 Å². The summed E-state index contributed by atoms with van der Waals surface area (Å²) in [5, 5.41) is 14.5. The molecule has 28 heavy (non-hydrogen) atoms. The van der Waals surface area contributed by atoms with Crippen LogP contribution in [-0.4, -0.2) is 36.9 Å². The van der Waals surface area contributed by atoms with Crippen LogP contribution in [0.15, 0.2) is 54.6 Å². The van der Waals surface area contributed by atoms with E-state index in [2.05, 4.69) is 5.32 Å². The predicted octanol–water partition coefficient (Wildman–Crippen LogP) is 3.52. The van der Waals surface area contributed by atoms with Gasteiger partial charge in [0, 0.05) is 18.8 Å². The van der Waals surface area contributed by atoms with Crippen LogP contribution in [0.4, 0.5) is 0 Å². The van der Waals surface area contributed by atoms with Crippen LogP contribution in [0.25, 0.3) is 0 Å². The summed E-state index contributed by atoms with van der Waals surface area (Å²) in [5.41, 5.74) is 0.239. The highest BCUT2D eigenvalue weighted by Crippen LogP contribution is 2.35. The van der Waals surface area contributed by atoms with Gasteiger partial charge in [-0.3, -0.25) is 4.79 Å². The normalized spacial score (nSPS) is 17.1. The topological polar surface area (TPSA) is 67.8 Å². The lowest BCUT2D eigenvalue weighted by atomic mass is 9.77. The highest BCUT2D eigenvalue weighted by molar-refractivity contribution is 5.94. The van der Waals surface area contributed by atoms with Crippen molar-refractivity contribution < 1.29 is 19.4 Å². The summed E-state index contributed by atoms with van der Waals surface area (Å²) >= 11 is 0. The first-order chi connectivity index (χ1) is 13.5. The second-order valence-corrected chi connectivity index (χ2v) is 7.55. The SMILES string of the molecule is CC(C)Oc1ccc(C(=O)NC[C@@](O)(c2ccccc2)C2CCOCC2)cc1. The maximum absolute atomic E-state index is 12.7. The summed E-state index contributed by atoms with van der Waals surface area (Å²) in [6.07, 6.45) is 1.62. The molecule has 0 spiro atoms. The molecule has 5 heteroatoms. The Morgan fingerprint density at radius 2 is 1.79 bits per heavy atom. The van der Waals surface area contributed by atoms with Crippen LogP contribution in [0, 0.1) is 5.92 Å². The van der Waals surface area contributed by atoms with E-state index in [4.69, 9.17) is 9.47 Å². The standard InChI is InChI=1S/C23H29NO4/c1-17(2)28-21-10-8-18(9-11-21)22(25)24-16-23(26,19-6-4-3-5-7-19)20-12-14-27-15-13-20/h3-11,17,20,26H,12-16H2,1-2H3,(H,24,25)/t23-/m1/s1. The molecule has 0 unspecified atom stereocenters. The van der Waals surface area contributed by atoms with Gasteiger partial charge in [0.2, 0.25) is 0 Å². The molecule has 2 N–H and O–H groups in total. The summed E-state index contributed by atoms with van der Waals surface area (Å²) < 4.78 is 11.1. The van der Waals surface area contributed by atoms with E-state index in [0.29, 0.717) is 18.8 Å². The minimum Gasteiger partial charge on any atom is -0.491 e. The predicted molar refractivity (Wildman–Crippen MR) is 108 cm³/mol. The number of benzene rings is 2. The van der Waals surface area contributed by atoms with Crippen LogP contribution >= 0.6 is 0 Å². The van der Waals surface area contributed by atoms with Crippen LogP contribution in [0.1, 0.15) is 42.6 Å². The van der Waals surface area contributed by atoms with Gasteiger partial charge in [-0.25, -0.2) is 0 Å². The van der Waals surface area contributed by atoms with Crippen molar-refractivity contribution in [3.8, 4) is 5.75 Å².